The molecular weight excluding hydrogens is 414 g/mol. The van der Waals surface area contributed by atoms with E-state index in [0.717, 1.165) is 10.9 Å². The maximum atomic E-state index is 12.9. The summed E-state index contributed by atoms with van der Waals surface area (Å²) in [4.78, 5) is 8.78. The third kappa shape index (κ3) is 5.19. The Hall–Kier alpha value is -3.43. The molecule has 0 aliphatic heterocycles. The summed E-state index contributed by atoms with van der Waals surface area (Å²) in [6.45, 7) is 1.78. The van der Waals surface area contributed by atoms with Crippen molar-refractivity contribution in [3.05, 3.63) is 67.0 Å². The van der Waals surface area contributed by atoms with Gasteiger partial charge in [-0.3, -0.25) is 9.98 Å². The van der Waals surface area contributed by atoms with E-state index in [1.807, 2.05) is 18.2 Å². The van der Waals surface area contributed by atoms with Crippen molar-refractivity contribution in [1.82, 2.24) is 9.71 Å². The first-order valence-electron chi connectivity index (χ1n) is 9.49. The van der Waals surface area contributed by atoms with Crippen molar-refractivity contribution in [2.45, 2.75) is 17.9 Å². The Balaban J connectivity index is 1.80. The summed E-state index contributed by atoms with van der Waals surface area (Å²) in [5.74, 6) is 1.90. The zero-order chi connectivity index (χ0) is 22.4. The van der Waals surface area contributed by atoms with Crippen molar-refractivity contribution in [3.63, 3.8) is 0 Å². The molecule has 2 aromatic carbocycles. The number of hydrogen-bond acceptors (Lipinski definition) is 7. The maximum absolute atomic E-state index is 12.9. The Morgan fingerprint density at radius 3 is 2.58 bits per heavy atom. The second-order valence-corrected chi connectivity index (χ2v) is 8.49. The van der Waals surface area contributed by atoms with Gasteiger partial charge in [0.1, 0.15) is 27.2 Å². The lowest BCUT2D eigenvalue weighted by Gasteiger charge is -2.17. The molecule has 0 spiro atoms. The van der Waals surface area contributed by atoms with Crippen LogP contribution < -0.4 is 19.9 Å². The third-order valence-corrected chi connectivity index (χ3v) is 6.23. The summed E-state index contributed by atoms with van der Waals surface area (Å²) in [5, 5.41) is 0.839. The molecule has 162 valence electrons. The van der Waals surface area contributed by atoms with Crippen molar-refractivity contribution in [3.8, 4) is 17.2 Å². The van der Waals surface area contributed by atoms with Gasteiger partial charge in [0.2, 0.25) is 0 Å². The molecule has 2 atom stereocenters. The van der Waals surface area contributed by atoms with Crippen molar-refractivity contribution in [2.24, 2.45) is 10.7 Å². The lowest BCUT2D eigenvalue weighted by atomic mass is 10.2. The van der Waals surface area contributed by atoms with E-state index in [-0.39, 0.29) is 0 Å². The Morgan fingerprint density at radius 1 is 1.23 bits per heavy atom. The lowest BCUT2D eigenvalue weighted by Crippen LogP contribution is -2.37. The first-order valence-corrected chi connectivity index (χ1v) is 11.1. The smallest absolute Gasteiger partial charge is 0.138 e. The molecule has 31 heavy (non-hydrogen) atoms. The van der Waals surface area contributed by atoms with E-state index < -0.39 is 16.0 Å². The van der Waals surface area contributed by atoms with Gasteiger partial charge in [-0.1, -0.05) is 0 Å². The highest BCUT2D eigenvalue weighted by atomic mass is 32.2. The quantitative estimate of drug-likeness (QED) is 0.460. The molecule has 3 rings (SSSR count). The zero-order valence-corrected chi connectivity index (χ0v) is 18.3. The van der Waals surface area contributed by atoms with Crippen LogP contribution in [0.25, 0.3) is 10.9 Å². The van der Waals surface area contributed by atoms with Crippen LogP contribution in [0.3, 0.4) is 0 Å². The Morgan fingerprint density at radius 2 is 1.94 bits per heavy atom. The number of methoxy groups -OCH3 is 1. The van der Waals surface area contributed by atoms with Crippen molar-refractivity contribution >= 4 is 26.5 Å². The van der Waals surface area contributed by atoms with E-state index in [9.17, 15) is 4.21 Å². The number of aromatic nitrogens is 1. The fraction of sp³-hybridized carbons (Fsp3) is 0.182. The van der Waals surface area contributed by atoms with E-state index in [1.54, 1.807) is 63.7 Å². The molecule has 0 bridgehead atoms. The number of aliphatic imine (C=N–C) groups is 1. The van der Waals surface area contributed by atoms with Gasteiger partial charge >= 0.3 is 0 Å². The molecular formula is C22H25N5O3S. The van der Waals surface area contributed by atoms with Crippen LogP contribution in [0.2, 0.25) is 0 Å². The van der Waals surface area contributed by atoms with Crippen molar-refractivity contribution < 1.29 is 13.7 Å². The molecule has 4 N–H and O–H groups in total. The number of fused-ring (bicyclic) bond motifs is 1. The van der Waals surface area contributed by atoms with E-state index in [4.69, 9.17) is 20.0 Å². The number of nitrogens with two attached hydrogens (primary N) is 1. The fourth-order valence-electron chi connectivity index (χ4n) is 3.03. The van der Waals surface area contributed by atoms with Gasteiger partial charge in [-0.15, -0.1) is 0 Å². The minimum Gasteiger partial charge on any atom is -0.497 e. The molecule has 9 heteroatoms. The maximum Gasteiger partial charge on any atom is 0.138 e. The Labute approximate surface area is 181 Å². The SMILES string of the molecule is CN=C(C=CN)[C@H](C)NS(=N)(=O)c1ccc(Oc2ccnc3cc(OC)ccc23)cc1. The van der Waals surface area contributed by atoms with Gasteiger partial charge in [0, 0.05) is 24.7 Å². The van der Waals surface area contributed by atoms with Gasteiger partial charge in [-0.25, -0.2) is 13.7 Å². The molecule has 0 fully saturated rings. The molecule has 0 radical (unpaired) electrons. The summed E-state index contributed by atoms with van der Waals surface area (Å²) in [6.07, 6.45) is 4.63. The number of rotatable bonds is 8. The summed E-state index contributed by atoms with van der Waals surface area (Å²) in [5.41, 5.74) is 6.77. The van der Waals surface area contributed by atoms with Crippen molar-refractivity contribution in [2.75, 3.05) is 14.2 Å². The molecule has 8 nitrogen and oxygen atoms in total. The highest BCUT2D eigenvalue weighted by molar-refractivity contribution is 7.90. The molecule has 0 saturated carbocycles. The lowest BCUT2D eigenvalue weighted by molar-refractivity contribution is 0.415. The normalized spacial score (nSPS) is 15.0. The van der Waals surface area contributed by atoms with Crippen LogP contribution in [0.5, 0.6) is 17.2 Å². The number of nitrogens with zero attached hydrogens (tertiary/aromatic N) is 2. The highest BCUT2D eigenvalue weighted by Gasteiger charge is 2.16. The predicted octanol–water partition coefficient (Wildman–Crippen LogP) is 3.88. The van der Waals surface area contributed by atoms with Gasteiger partial charge in [-0.2, -0.15) is 0 Å². The van der Waals surface area contributed by atoms with Gasteiger partial charge < -0.3 is 15.2 Å². The van der Waals surface area contributed by atoms with Crippen molar-refractivity contribution in [1.29, 1.82) is 4.78 Å². The first-order chi connectivity index (χ1) is 14.9. The number of pyridine rings is 1. The van der Waals surface area contributed by atoms with Crippen LogP contribution >= 0.6 is 0 Å². The molecule has 1 unspecified atom stereocenters. The summed E-state index contributed by atoms with van der Waals surface area (Å²) in [6, 6.07) is 13.5. The first kappa shape index (κ1) is 22.3. The van der Waals surface area contributed by atoms with Crippen LogP contribution in [-0.2, 0) is 9.92 Å². The molecule has 0 saturated heterocycles. The largest absolute Gasteiger partial charge is 0.497 e. The van der Waals surface area contributed by atoms with Gasteiger partial charge in [-0.05, 0) is 61.7 Å². The molecule has 1 aromatic heterocycles. The topological polar surface area (TPSA) is 123 Å². The number of hydrogen-bond donors (Lipinski definition) is 3. The minimum absolute atomic E-state index is 0.336. The van der Waals surface area contributed by atoms with Gasteiger partial charge in [0.05, 0.1) is 29.3 Å². The molecule has 0 aliphatic rings. The van der Waals surface area contributed by atoms with E-state index in [0.29, 0.717) is 27.9 Å². The summed E-state index contributed by atoms with van der Waals surface area (Å²) >= 11 is 0. The molecule has 3 aromatic rings. The average molecular weight is 440 g/mol. The van der Waals surface area contributed by atoms with Crippen LogP contribution in [0.4, 0.5) is 0 Å². The second kappa shape index (κ2) is 9.59. The van der Waals surface area contributed by atoms with E-state index in [1.165, 1.54) is 6.20 Å². The summed E-state index contributed by atoms with van der Waals surface area (Å²) in [7, 11) is -0.0296. The molecule has 1 heterocycles. The fourth-order valence-corrected chi connectivity index (χ4v) is 4.31. The monoisotopic (exact) mass is 439 g/mol. The van der Waals surface area contributed by atoms with Gasteiger partial charge in [0.15, 0.2) is 0 Å². The predicted molar refractivity (Wildman–Crippen MR) is 123 cm³/mol. The van der Waals surface area contributed by atoms with Gasteiger partial charge in [0.25, 0.3) is 0 Å². The van der Waals surface area contributed by atoms with Crippen LogP contribution in [0, 0.1) is 4.78 Å². The summed E-state index contributed by atoms with van der Waals surface area (Å²) < 4.78 is 35.2. The zero-order valence-electron chi connectivity index (χ0n) is 17.5. The molecule has 0 aliphatic carbocycles. The Kier molecular flexibility index (Phi) is 6.88. The standard InChI is InChI=1S/C22H25N5O3S/c1-15(20(25-2)10-12-23)27-31(24,28)18-7-4-16(5-8-18)30-22-11-13-26-21-14-17(29-3)6-9-19(21)22/h4-15H,23H2,1-3H3,(H2,24,27,28)/t15-,31?/m0/s1. The number of ether oxygens (including phenoxy) is 2. The number of nitrogens with one attached hydrogen (secondary N) is 2. The average Bonchev–Trinajstić information content (AvgIpc) is 2.77. The van der Waals surface area contributed by atoms with Crippen LogP contribution in [0.1, 0.15) is 6.92 Å². The second-order valence-electron chi connectivity index (χ2n) is 6.67. The van der Waals surface area contributed by atoms with Crippen LogP contribution in [-0.4, -0.2) is 35.1 Å². The van der Waals surface area contributed by atoms with E-state index >= 15 is 0 Å². The minimum atomic E-state index is -3.25. The Bertz CT molecular complexity index is 1220. The third-order valence-electron chi connectivity index (χ3n) is 4.60. The van der Waals surface area contributed by atoms with E-state index in [2.05, 4.69) is 14.7 Å². The number of benzene rings is 2. The molecule has 0 amide bonds. The highest BCUT2D eigenvalue weighted by Crippen LogP contribution is 2.31. The van der Waals surface area contributed by atoms with Crippen LogP contribution in [0.15, 0.2) is 76.9 Å².